The van der Waals surface area contributed by atoms with Crippen LogP contribution in [-0.2, 0) is 4.79 Å². The van der Waals surface area contributed by atoms with Gasteiger partial charge >= 0.3 is 0 Å². The molecule has 4 heteroatoms. The van der Waals surface area contributed by atoms with E-state index in [0.717, 1.165) is 25.9 Å². The van der Waals surface area contributed by atoms with Crippen LogP contribution in [-0.4, -0.2) is 34.7 Å². The second-order valence-corrected chi connectivity index (χ2v) is 4.28. The Morgan fingerprint density at radius 3 is 2.65 bits per heavy atom. The van der Waals surface area contributed by atoms with Crippen LogP contribution in [0.4, 0.5) is 0 Å². The minimum atomic E-state index is -0.145. The smallest absolute Gasteiger partial charge is 0.230 e. The average Bonchev–Trinajstić information content (AvgIpc) is 2.40. The van der Waals surface area contributed by atoms with E-state index in [1.165, 1.54) is 12.6 Å². The first-order valence-electron chi connectivity index (χ1n) is 5.98. The summed E-state index contributed by atoms with van der Waals surface area (Å²) in [4.78, 5) is 29.3. The molecule has 2 rings (SSSR count). The highest BCUT2D eigenvalue weighted by Crippen LogP contribution is 2.11. The first-order chi connectivity index (χ1) is 8.27. The second kappa shape index (κ2) is 5.57. The van der Waals surface area contributed by atoms with E-state index in [0.29, 0.717) is 5.56 Å². The summed E-state index contributed by atoms with van der Waals surface area (Å²) >= 11 is 0. The molecule has 1 saturated heterocycles. The fourth-order valence-corrected chi connectivity index (χ4v) is 2.02. The number of carbonyl (C=O) groups is 2. The van der Waals surface area contributed by atoms with Crippen molar-refractivity contribution >= 4 is 11.7 Å². The molecule has 1 fully saturated rings. The van der Waals surface area contributed by atoms with E-state index < -0.39 is 0 Å². The van der Waals surface area contributed by atoms with Gasteiger partial charge in [0, 0.05) is 31.0 Å². The monoisotopic (exact) mass is 232 g/mol. The molecule has 1 aliphatic heterocycles. The fourth-order valence-electron chi connectivity index (χ4n) is 2.02. The SMILES string of the molecule is O=C(CC(=O)N1CCCCC1)c1cccnc1. The van der Waals surface area contributed by atoms with E-state index >= 15 is 0 Å². The minimum Gasteiger partial charge on any atom is -0.342 e. The normalized spacial score (nSPS) is 15.6. The lowest BCUT2D eigenvalue weighted by Gasteiger charge is -2.26. The summed E-state index contributed by atoms with van der Waals surface area (Å²) < 4.78 is 0. The van der Waals surface area contributed by atoms with Crippen molar-refractivity contribution in [2.45, 2.75) is 25.7 Å². The number of hydrogen-bond donors (Lipinski definition) is 0. The predicted octanol–water partition coefficient (Wildman–Crippen LogP) is 1.67. The number of hydrogen-bond acceptors (Lipinski definition) is 3. The molecule has 0 unspecified atom stereocenters. The Labute approximate surface area is 101 Å². The topological polar surface area (TPSA) is 50.3 Å². The molecule has 1 aromatic heterocycles. The molecule has 1 amide bonds. The zero-order valence-corrected chi connectivity index (χ0v) is 9.76. The fraction of sp³-hybridized carbons (Fsp3) is 0.462. The van der Waals surface area contributed by atoms with Gasteiger partial charge in [0.15, 0.2) is 5.78 Å². The highest BCUT2D eigenvalue weighted by molar-refractivity contribution is 6.07. The van der Waals surface area contributed by atoms with Crippen molar-refractivity contribution in [2.24, 2.45) is 0 Å². The zero-order valence-electron chi connectivity index (χ0n) is 9.76. The summed E-state index contributed by atoms with van der Waals surface area (Å²) in [5, 5.41) is 0. The number of Topliss-reactive ketones (excluding diaryl/α,β-unsaturated/α-hetero) is 1. The third-order valence-corrected chi connectivity index (χ3v) is 3.00. The number of piperidine rings is 1. The van der Waals surface area contributed by atoms with Gasteiger partial charge in [0.25, 0.3) is 0 Å². The first kappa shape index (κ1) is 11.8. The van der Waals surface area contributed by atoms with Gasteiger partial charge in [0.2, 0.25) is 5.91 Å². The Hall–Kier alpha value is -1.71. The molecule has 0 N–H and O–H groups in total. The summed E-state index contributed by atoms with van der Waals surface area (Å²) in [7, 11) is 0. The lowest BCUT2D eigenvalue weighted by atomic mass is 10.1. The van der Waals surface area contributed by atoms with Crippen LogP contribution < -0.4 is 0 Å². The van der Waals surface area contributed by atoms with Gasteiger partial charge in [-0.3, -0.25) is 14.6 Å². The van der Waals surface area contributed by atoms with E-state index in [4.69, 9.17) is 0 Å². The summed E-state index contributed by atoms with van der Waals surface area (Å²) in [6, 6.07) is 3.40. The lowest BCUT2D eigenvalue weighted by Crippen LogP contribution is -2.36. The maximum absolute atomic E-state index is 11.9. The van der Waals surface area contributed by atoms with Crippen LogP contribution >= 0.6 is 0 Å². The summed E-state index contributed by atoms with van der Waals surface area (Å²) in [6.45, 7) is 1.58. The number of pyridine rings is 1. The number of rotatable bonds is 3. The van der Waals surface area contributed by atoms with Crippen LogP contribution in [0.25, 0.3) is 0 Å². The van der Waals surface area contributed by atoms with E-state index in [9.17, 15) is 9.59 Å². The van der Waals surface area contributed by atoms with Crippen LogP contribution in [0.2, 0.25) is 0 Å². The molecule has 4 nitrogen and oxygen atoms in total. The maximum atomic E-state index is 11.9. The van der Waals surface area contributed by atoms with Crippen molar-refractivity contribution < 1.29 is 9.59 Å². The van der Waals surface area contributed by atoms with Crippen molar-refractivity contribution in [1.29, 1.82) is 0 Å². The zero-order chi connectivity index (χ0) is 12.1. The van der Waals surface area contributed by atoms with Gasteiger partial charge in [0.05, 0.1) is 6.42 Å². The maximum Gasteiger partial charge on any atom is 0.230 e. The second-order valence-electron chi connectivity index (χ2n) is 4.28. The number of carbonyl (C=O) groups excluding carboxylic acids is 2. The van der Waals surface area contributed by atoms with Gasteiger partial charge in [-0.15, -0.1) is 0 Å². The molecule has 0 aliphatic carbocycles. The summed E-state index contributed by atoms with van der Waals surface area (Å²) in [5.74, 6) is -0.202. The predicted molar refractivity (Wildman–Crippen MR) is 63.6 cm³/mol. The highest BCUT2D eigenvalue weighted by atomic mass is 16.2. The highest BCUT2D eigenvalue weighted by Gasteiger charge is 2.19. The molecular weight excluding hydrogens is 216 g/mol. The molecular formula is C13H16N2O2. The Balaban J connectivity index is 1.92. The van der Waals surface area contributed by atoms with Gasteiger partial charge in [0.1, 0.15) is 0 Å². The van der Waals surface area contributed by atoms with Crippen molar-refractivity contribution in [3.8, 4) is 0 Å². The Morgan fingerprint density at radius 2 is 2.00 bits per heavy atom. The van der Waals surface area contributed by atoms with Crippen LogP contribution in [0.5, 0.6) is 0 Å². The molecule has 0 aromatic carbocycles. The molecule has 2 heterocycles. The number of aromatic nitrogens is 1. The van der Waals surface area contributed by atoms with E-state index in [2.05, 4.69) is 4.98 Å². The Kier molecular flexibility index (Phi) is 3.85. The van der Waals surface area contributed by atoms with Crippen LogP contribution in [0.15, 0.2) is 24.5 Å². The third-order valence-electron chi connectivity index (χ3n) is 3.00. The molecule has 0 saturated carbocycles. The van der Waals surface area contributed by atoms with Gasteiger partial charge < -0.3 is 4.90 Å². The summed E-state index contributed by atoms with van der Waals surface area (Å²) in [6.07, 6.45) is 6.36. The molecule has 0 radical (unpaired) electrons. The minimum absolute atomic E-state index is 0.0360. The van der Waals surface area contributed by atoms with Crippen LogP contribution in [0, 0.1) is 0 Å². The molecule has 0 bridgehead atoms. The number of nitrogens with zero attached hydrogens (tertiary/aromatic N) is 2. The van der Waals surface area contributed by atoms with E-state index in [1.54, 1.807) is 23.2 Å². The van der Waals surface area contributed by atoms with Crippen molar-refractivity contribution in [2.75, 3.05) is 13.1 Å². The Bertz CT molecular complexity index is 397. The largest absolute Gasteiger partial charge is 0.342 e. The number of amides is 1. The molecule has 17 heavy (non-hydrogen) atoms. The van der Waals surface area contributed by atoms with Gasteiger partial charge in [-0.25, -0.2) is 0 Å². The average molecular weight is 232 g/mol. The van der Waals surface area contributed by atoms with E-state index in [-0.39, 0.29) is 18.1 Å². The lowest BCUT2D eigenvalue weighted by molar-refractivity contribution is -0.131. The van der Waals surface area contributed by atoms with Gasteiger partial charge in [-0.05, 0) is 31.4 Å². The number of ketones is 1. The van der Waals surface area contributed by atoms with Crippen LogP contribution in [0.1, 0.15) is 36.0 Å². The molecule has 90 valence electrons. The quantitative estimate of drug-likeness (QED) is 0.588. The van der Waals surface area contributed by atoms with Crippen molar-refractivity contribution in [3.63, 3.8) is 0 Å². The first-order valence-corrected chi connectivity index (χ1v) is 5.98. The molecule has 0 atom stereocenters. The van der Waals surface area contributed by atoms with Crippen molar-refractivity contribution in [3.05, 3.63) is 30.1 Å². The van der Waals surface area contributed by atoms with Crippen LogP contribution in [0.3, 0.4) is 0 Å². The Morgan fingerprint density at radius 1 is 1.24 bits per heavy atom. The van der Waals surface area contributed by atoms with E-state index in [1.807, 2.05) is 0 Å². The molecule has 1 aromatic rings. The third kappa shape index (κ3) is 3.12. The van der Waals surface area contributed by atoms with Gasteiger partial charge in [-0.2, -0.15) is 0 Å². The number of likely N-dealkylation sites (tertiary alicyclic amines) is 1. The molecule has 0 spiro atoms. The standard InChI is InChI=1S/C13H16N2O2/c16-12(11-5-4-6-14-10-11)9-13(17)15-7-2-1-3-8-15/h4-6,10H,1-3,7-9H2. The van der Waals surface area contributed by atoms with Crippen molar-refractivity contribution in [1.82, 2.24) is 9.88 Å². The molecule has 1 aliphatic rings. The summed E-state index contributed by atoms with van der Waals surface area (Å²) in [5.41, 5.74) is 0.512. The van der Waals surface area contributed by atoms with Gasteiger partial charge in [-0.1, -0.05) is 0 Å².